The average molecular weight is 312 g/mol. The van der Waals surface area contributed by atoms with Gasteiger partial charge in [-0.1, -0.05) is 11.8 Å². The lowest BCUT2D eigenvalue weighted by molar-refractivity contribution is -0.151. The van der Waals surface area contributed by atoms with Crippen LogP contribution in [0.2, 0.25) is 0 Å². The first-order chi connectivity index (χ1) is 9.73. The van der Waals surface area contributed by atoms with E-state index in [1.165, 1.54) is 12.3 Å². The molecule has 1 heterocycles. The topological polar surface area (TPSA) is 91.5 Å². The van der Waals surface area contributed by atoms with Crippen molar-refractivity contribution in [3.63, 3.8) is 0 Å². The summed E-state index contributed by atoms with van der Waals surface area (Å²) in [4.78, 5) is 27.6. The van der Waals surface area contributed by atoms with E-state index in [1.807, 2.05) is 0 Å². The van der Waals surface area contributed by atoms with Gasteiger partial charge in [0.05, 0.1) is 29.8 Å². The number of carbonyl (C=O) groups is 2. The number of hydrogen-bond acceptors (Lipinski definition) is 7. The first-order valence-electron chi connectivity index (χ1n) is 6.50. The maximum absolute atomic E-state index is 11.8. The molecule has 0 amide bonds. The number of nitrogens with zero attached hydrogens (tertiary/aromatic N) is 1. The molecule has 1 aromatic heterocycles. The third kappa shape index (κ3) is 6.03. The Morgan fingerprint density at radius 2 is 2.05 bits per heavy atom. The molecular formula is C14H20N2O4S. The first kappa shape index (κ1) is 17.3. The fourth-order valence-corrected chi connectivity index (χ4v) is 2.18. The highest BCUT2D eigenvalue weighted by molar-refractivity contribution is 8.00. The highest BCUT2D eigenvalue weighted by Crippen LogP contribution is 2.23. The Bertz CT molecular complexity index is 526. The molecule has 1 rings (SSSR count). The number of anilines is 1. The second kappa shape index (κ2) is 7.31. The zero-order valence-electron chi connectivity index (χ0n) is 12.6. The molecule has 6 nitrogen and oxygen atoms in total. The van der Waals surface area contributed by atoms with E-state index < -0.39 is 11.6 Å². The fourth-order valence-electron chi connectivity index (χ4n) is 1.44. The molecule has 0 spiro atoms. The number of aromatic nitrogens is 1. The van der Waals surface area contributed by atoms with Crippen molar-refractivity contribution in [2.45, 2.75) is 38.3 Å². The van der Waals surface area contributed by atoms with E-state index in [4.69, 9.17) is 15.2 Å². The van der Waals surface area contributed by atoms with Gasteiger partial charge in [0, 0.05) is 0 Å². The van der Waals surface area contributed by atoms with Crippen molar-refractivity contribution in [1.82, 2.24) is 4.98 Å². The zero-order valence-corrected chi connectivity index (χ0v) is 13.5. The van der Waals surface area contributed by atoms with Crippen LogP contribution in [0.5, 0.6) is 0 Å². The summed E-state index contributed by atoms with van der Waals surface area (Å²) >= 11 is 1.12. The third-order valence-corrected chi connectivity index (χ3v) is 3.09. The molecule has 1 aromatic rings. The summed E-state index contributed by atoms with van der Waals surface area (Å²) in [6, 6.07) is 1.49. The van der Waals surface area contributed by atoms with Crippen LogP contribution in [-0.4, -0.2) is 34.9 Å². The van der Waals surface area contributed by atoms with Crippen LogP contribution < -0.4 is 5.73 Å². The molecule has 7 heteroatoms. The predicted molar refractivity (Wildman–Crippen MR) is 81.2 cm³/mol. The summed E-state index contributed by atoms with van der Waals surface area (Å²) < 4.78 is 10.1. The molecule has 0 saturated heterocycles. The number of nitrogen functional groups attached to an aromatic ring is 1. The van der Waals surface area contributed by atoms with Crippen LogP contribution in [-0.2, 0) is 14.3 Å². The zero-order chi connectivity index (χ0) is 16.0. The van der Waals surface area contributed by atoms with Crippen molar-refractivity contribution in [2.75, 3.05) is 18.1 Å². The number of nitrogens with two attached hydrogens (primary N) is 1. The minimum absolute atomic E-state index is 0.0561. The van der Waals surface area contributed by atoms with E-state index in [2.05, 4.69) is 4.98 Å². The average Bonchev–Trinajstić information content (AvgIpc) is 2.35. The molecule has 0 fully saturated rings. The second-order valence-corrected chi connectivity index (χ2v) is 6.18. The molecule has 0 aliphatic heterocycles. The monoisotopic (exact) mass is 312 g/mol. The Balaban J connectivity index is 2.79. The Morgan fingerprint density at radius 3 is 2.62 bits per heavy atom. The number of hydrogen-bond donors (Lipinski definition) is 1. The van der Waals surface area contributed by atoms with E-state index in [9.17, 15) is 9.59 Å². The van der Waals surface area contributed by atoms with Crippen molar-refractivity contribution < 1.29 is 19.1 Å². The van der Waals surface area contributed by atoms with Crippen molar-refractivity contribution in [2.24, 2.45) is 0 Å². The molecule has 0 unspecified atom stereocenters. The van der Waals surface area contributed by atoms with Gasteiger partial charge in [0.1, 0.15) is 10.6 Å². The van der Waals surface area contributed by atoms with Crippen molar-refractivity contribution >= 4 is 29.4 Å². The minimum atomic E-state index is -0.545. The number of rotatable bonds is 5. The molecule has 0 radical (unpaired) electrons. The van der Waals surface area contributed by atoms with Gasteiger partial charge in [-0.05, 0) is 33.8 Å². The van der Waals surface area contributed by atoms with Gasteiger partial charge in [0.2, 0.25) is 0 Å². The molecule has 0 saturated carbocycles. The standard InChI is InChI=1S/C14H20N2O4S/c1-5-19-13(18)10-6-9(15)7-16-12(10)21-8-11(17)20-14(2,3)4/h6-7H,5,8,15H2,1-4H3. The number of thioether (sulfide) groups is 1. The lowest BCUT2D eigenvalue weighted by atomic mass is 10.2. The molecule has 0 bridgehead atoms. The van der Waals surface area contributed by atoms with Gasteiger partial charge in [0.25, 0.3) is 0 Å². The van der Waals surface area contributed by atoms with E-state index in [1.54, 1.807) is 27.7 Å². The summed E-state index contributed by atoms with van der Waals surface area (Å²) in [5, 5.41) is 0.397. The Morgan fingerprint density at radius 1 is 1.38 bits per heavy atom. The minimum Gasteiger partial charge on any atom is -0.462 e. The smallest absolute Gasteiger partial charge is 0.340 e. The van der Waals surface area contributed by atoms with Crippen molar-refractivity contribution in [1.29, 1.82) is 0 Å². The van der Waals surface area contributed by atoms with Gasteiger partial charge in [0.15, 0.2) is 0 Å². The molecule has 0 aliphatic rings. The van der Waals surface area contributed by atoms with Gasteiger partial charge in [-0.2, -0.15) is 0 Å². The van der Waals surface area contributed by atoms with E-state index in [0.717, 1.165) is 11.8 Å². The molecule has 0 atom stereocenters. The fraction of sp³-hybridized carbons (Fsp3) is 0.500. The van der Waals surface area contributed by atoms with Gasteiger partial charge in [-0.3, -0.25) is 4.79 Å². The Labute approximate surface area is 128 Å². The Kier molecular flexibility index (Phi) is 6.02. The van der Waals surface area contributed by atoms with Gasteiger partial charge >= 0.3 is 11.9 Å². The van der Waals surface area contributed by atoms with E-state index in [0.29, 0.717) is 10.7 Å². The SMILES string of the molecule is CCOC(=O)c1cc(N)cnc1SCC(=O)OC(C)(C)C. The molecule has 0 aromatic carbocycles. The number of pyridine rings is 1. The molecule has 0 aliphatic carbocycles. The third-order valence-electron chi connectivity index (χ3n) is 2.11. The van der Waals surface area contributed by atoms with E-state index >= 15 is 0 Å². The maximum Gasteiger partial charge on any atom is 0.340 e. The normalized spacial score (nSPS) is 11.0. The summed E-state index contributed by atoms with van der Waals surface area (Å²) in [5.74, 6) is -0.828. The molecule has 2 N–H and O–H groups in total. The molecule has 21 heavy (non-hydrogen) atoms. The summed E-state index contributed by atoms with van der Waals surface area (Å²) in [6.07, 6.45) is 1.43. The highest BCUT2D eigenvalue weighted by Gasteiger charge is 2.19. The number of ether oxygens (including phenoxy) is 2. The lowest BCUT2D eigenvalue weighted by Gasteiger charge is -2.19. The number of esters is 2. The summed E-state index contributed by atoms with van der Waals surface area (Å²) in [6.45, 7) is 7.35. The van der Waals surface area contributed by atoms with E-state index in [-0.39, 0.29) is 23.9 Å². The first-order valence-corrected chi connectivity index (χ1v) is 7.48. The lowest BCUT2D eigenvalue weighted by Crippen LogP contribution is -2.25. The second-order valence-electron chi connectivity index (χ2n) is 5.22. The van der Waals surface area contributed by atoms with Gasteiger partial charge in [-0.25, -0.2) is 9.78 Å². The van der Waals surface area contributed by atoms with Crippen LogP contribution in [0.3, 0.4) is 0 Å². The van der Waals surface area contributed by atoms with Crippen molar-refractivity contribution in [3.8, 4) is 0 Å². The molecule has 116 valence electrons. The van der Waals surface area contributed by atoms with Crippen LogP contribution in [0.1, 0.15) is 38.1 Å². The van der Waals surface area contributed by atoms with Crippen molar-refractivity contribution in [3.05, 3.63) is 17.8 Å². The van der Waals surface area contributed by atoms with Crippen LogP contribution in [0, 0.1) is 0 Å². The predicted octanol–water partition coefficient (Wildman–Crippen LogP) is 2.27. The maximum atomic E-state index is 11.8. The van der Waals surface area contributed by atoms with Crippen LogP contribution in [0.25, 0.3) is 0 Å². The van der Waals surface area contributed by atoms with Crippen LogP contribution >= 0.6 is 11.8 Å². The van der Waals surface area contributed by atoms with Crippen LogP contribution in [0.4, 0.5) is 5.69 Å². The van der Waals surface area contributed by atoms with Gasteiger partial charge < -0.3 is 15.2 Å². The number of carbonyl (C=O) groups excluding carboxylic acids is 2. The molecular weight excluding hydrogens is 292 g/mol. The summed E-state index contributed by atoms with van der Waals surface area (Å²) in [7, 11) is 0. The summed E-state index contributed by atoms with van der Waals surface area (Å²) in [5.41, 5.74) is 5.70. The Hall–Kier alpha value is -1.76. The highest BCUT2D eigenvalue weighted by atomic mass is 32.2. The van der Waals surface area contributed by atoms with Gasteiger partial charge in [-0.15, -0.1) is 0 Å². The van der Waals surface area contributed by atoms with Crippen LogP contribution in [0.15, 0.2) is 17.3 Å². The quantitative estimate of drug-likeness (QED) is 0.658. The largest absolute Gasteiger partial charge is 0.462 e.